The third kappa shape index (κ3) is 9.59. The molecule has 0 saturated heterocycles. The molecule has 0 radical (unpaired) electrons. The van der Waals surface area contributed by atoms with Crippen LogP contribution in [0.25, 0.3) is 0 Å². The smallest absolute Gasteiger partial charge is 0.0701 e. The van der Waals surface area contributed by atoms with Crippen molar-refractivity contribution in [3.8, 4) is 0 Å². The van der Waals surface area contributed by atoms with Crippen LogP contribution in [0.15, 0.2) is 4.99 Å². The molecule has 0 aromatic rings. The molecule has 0 spiro atoms. The van der Waals surface area contributed by atoms with Gasteiger partial charge in [-0.3, -0.25) is 4.99 Å². The van der Waals surface area contributed by atoms with E-state index in [1.165, 1.54) is 0 Å². The fourth-order valence-electron chi connectivity index (χ4n) is 0.595. The molecular formula is C8H17NO2. The Labute approximate surface area is 68.4 Å². The highest BCUT2D eigenvalue weighted by atomic mass is 16.5. The van der Waals surface area contributed by atoms with Gasteiger partial charge >= 0.3 is 0 Å². The fourth-order valence-corrected chi connectivity index (χ4v) is 0.595. The summed E-state index contributed by atoms with van der Waals surface area (Å²) in [6.45, 7) is 8.93. The molecule has 0 bridgehead atoms. The second-order valence-corrected chi connectivity index (χ2v) is 2.17. The first-order chi connectivity index (χ1) is 5.41. The SMILES string of the molecule is C=NCCOCCOCCC. The normalized spacial score (nSPS) is 9.91. The number of rotatable bonds is 8. The maximum absolute atomic E-state index is 5.19. The quantitative estimate of drug-likeness (QED) is 0.392. The molecule has 0 aliphatic carbocycles. The topological polar surface area (TPSA) is 30.8 Å². The van der Waals surface area contributed by atoms with Crippen molar-refractivity contribution in [1.82, 2.24) is 0 Å². The Morgan fingerprint density at radius 2 is 1.73 bits per heavy atom. The van der Waals surface area contributed by atoms with Gasteiger partial charge in [0.25, 0.3) is 0 Å². The van der Waals surface area contributed by atoms with Gasteiger partial charge in [-0.05, 0) is 13.1 Å². The van der Waals surface area contributed by atoms with E-state index in [-0.39, 0.29) is 0 Å². The van der Waals surface area contributed by atoms with Gasteiger partial charge in [0.2, 0.25) is 0 Å². The summed E-state index contributed by atoms with van der Waals surface area (Å²) in [5.74, 6) is 0. The predicted molar refractivity (Wildman–Crippen MR) is 46.3 cm³/mol. The Hall–Kier alpha value is -0.410. The molecule has 11 heavy (non-hydrogen) atoms. The van der Waals surface area contributed by atoms with Crippen LogP contribution < -0.4 is 0 Å². The first-order valence-electron chi connectivity index (χ1n) is 3.99. The Morgan fingerprint density at radius 1 is 1.09 bits per heavy atom. The van der Waals surface area contributed by atoms with Crippen molar-refractivity contribution >= 4 is 6.72 Å². The van der Waals surface area contributed by atoms with Gasteiger partial charge in [0.1, 0.15) is 0 Å². The van der Waals surface area contributed by atoms with Crippen LogP contribution in [0.5, 0.6) is 0 Å². The van der Waals surface area contributed by atoms with E-state index in [4.69, 9.17) is 9.47 Å². The van der Waals surface area contributed by atoms with Gasteiger partial charge in [-0.1, -0.05) is 6.92 Å². The van der Waals surface area contributed by atoms with Gasteiger partial charge < -0.3 is 9.47 Å². The zero-order chi connectivity index (χ0) is 8.36. The summed E-state index contributed by atoms with van der Waals surface area (Å²) in [5, 5.41) is 0. The second kappa shape index (κ2) is 9.59. The predicted octanol–water partition coefficient (Wildman–Crippen LogP) is 1.13. The maximum atomic E-state index is 5.19. The Bertz CT molecular complexity index is 86.2. The summed E-state index contributed by atoms with van der Waals surface area (Å²) >= 11 is 0. The third-order valence-corrected chi connectivity index (χ3v) is 1.11. The van der Waals surface area contributed by atoms with E-state index in [1.54, 1.807) is 0 Å². The van der Waals surface area contributed by atoms with Gasteiger partial charge in [0, 0.05) is 6.61 Å². The standard InChI is InChI=1S/C8H17NO2/c1-3-5-10-7-8-11-6-4-9-2/h2-8H2,1H3. The molecule has 3 heteroatoms. The molecule has 0 amide bonds. The molecule has 66 valence electrons. The lowest BCUT2D eigenvalue weighted by Gasteiger charge is -2.02. The van der Waals surface area contributed by atoms with Crippen LogP contribution in [-0.4, -0.2) is 39.7 Å². The maximum Gasteiger partial charge on any atom is 0.0701 e. The lowest BCUT2D eigenvalue weighted by atomic mass is 10.5. The number of aliphatic imine (C=N–C) groups is 1. The summed E-state index contributed by atoms with van der Waals surface area (Å²) in [7, 11) is 0. The molecule has 0 aliphatic heterocycles. The molecule has 0 atom stereocenters. The van der Waals surface area contributed by atoms with Crippen molar-refractivity contribution in [2.45, 2.75) is 13.3 Å². The first-order valence-corrected chi connectivity index (χ1v) is 3.99. The highest BCUT2D eigenvalue weighted by molar-refractivity contribution is 5.22. The first kappa shape index (κ1) is 10.6. The summed E-state index contributed by atoms with van der Waals surface area (Å²) in [5.41, 5.74) is 0. The average Bonchev–Trinajstić information content (AvgIpc) is 2.03. The molecule has 0 aromatic carbocycles. The van der Waals surface area contributed by atoms with E-state index < -0.39 is 0 Å². The Kier molecular flexibility index (Phi) is 9.23. The van der Waals surface area contributed by atoms with Gasteiger partial charge in [-0.15, -0.1) is 0 Å². The monoisotopic (exact) mass is 159 g/mol. The lowest BCUT2D eigenvalue weighted by Crippen LogP contribution is -2.06. The Morgan fingerprint density at radius 3 is 2.27 bits per heavy atom. The van der Waals surface area contributed by atoms with Crippen LogP contribution in [-0.2, 0) is 9.47 Å². The van der Waals surface area contributed by atoms with Crippen LogP contribution >= 0.6 is 0 Å². The second-order valence-electron chi connectivity index (χ2n) is 2.17. The Balaban J connectivity index is 2.74. The minimum Gasteiger partial charge on any atom is -0.379 e. The molecule has 0 rings (SSSR count). The van der Waals surface area contributed by atoms with Crippen LogP contribution in [0.2, 0.25) is 0 Å². The number of nitrogens with zero attached hydrogens (tertiary/aromatic N) is 1. The molecule has 0 saturated carbocycles. The van der Waals surface area contributed by atoms with E-state index in [0.29, 0.717) is 26.4 Å². The molecule has 3 nitrogen and oxygen atoms in total. The molecule has 0 aromatic heterocycles. The highest BCUT2D eigenvalue weighted by Gasteiger charge is 1.86. The van der Waals surface area contributed by atoms with E-state index in [2.05, 4.69) is 18.6 Å². The summed E-state index contributed by atoms with van der Waals surface area (Å²) < 4.78 is 10.4. The zero-order valence-electron chi connectivity index (χ0n) is 7.21. The molecule has 0 unspecified atom stereocenters. The molecule has 0 fully saturated rings. The largest absolute Gasteiger partial charge is 0.379 e. The molecular weight excluding hydrogens is 142 g/mol. The third-order valence-electron chi connectivity index (χ3n) is 1.11. The van der Waals surface area contributed by atoms with Gasteiger partial charge in [0.05, 0.1) is 26.4 Å². The lowest BCUT2D eigenvalue weighted by molar-refractivity contribution is 0.0511. The zero-order valence-corrected chi connectivity index (χ0v) is 7.21. The van der Waals surface area contributed by atoms with Gasteiger partial charge in [-0.2, -0.15) is 0 Å². The molecule has 0 aliphatic rings. The van der Waals surface area contributed by atoms with E-state index in [0.717, 1.165) is 13.0 Å². The van der Waals surface area contributed by atoms with E-state index in [1.807, 2.05) is 0 Å². The van der Waals surface area contributed by atoms with Crippen LogP contribution in [0.1, 0.15) is 13.3 Å². The number of hydrogen-bond donors (Lipinski definition) is 0. The van der Waals surface area contributed by atoms with Crippen molar-refractivity contribution in [3.05, 3.63) is 0 Å². The number of ether oxygens (including phenoxy) is 2. The van der Waals surface area contributed by atoms with Crippen molar-refractivity contribution < 1.29 is 9.47 Å². The average molecular weight is 159 g/mol. The van der Waals surface area contributed by atoms with Crippen molar-refractivity contribution in [3.63, 3.8) is 0 Å². The van der Waals surface area contributed by atoms with E-state index in [9.17, 15) is 0 Å². The van der Waals surface area contributed by atoms with Crippen LogP contribution in [0.3, 0.4) is 0 Å². The molecule has 0 N–H and O–H groups in total. The van der Waals surface area contributed by atoms with Crippen molar-refractivity contribution in [2.24, 2.45) is 4.99 Å². The van der Waals surface area contributed by atoms with Gasteiger partial charge in [0.15, 0.2) is 0 Å². The summed E-state index contributed by atoms with van der Waals surface area (Å²) in [6, 6.07) is 0. The highest BCUT2D eigenvalue weighted by Crippen LogP contribution is 1.81. The van der Waals surface area contributed by atoms with Crippen LogP contribution in [0.4, 0.5) is 0 Å². The van der Waals surface area contributed by atoms with Crippen molar-refractivity contribution in [1.29, 1.82) is 0 Å². The van der Waals surface area contributed by atoms with E-state index >= 15 is 0 Å². The molecule has 0 heterocycles. The minimum absolute atomic E-state index is 0.652. The number of hydrogen-bond acceptors (Lipinski definition) is 3. The van der Waals surface area contributed by atoms with Crippen LogP contribution in [0, 0.1) is 0 Å². The summed E-state index contributed by atoms with van der Waals surface area (Å²) in [6.07, 6.45) is 1.06. The minimum atomic E-state index is 0.652. The fraction of sp³-hybridized carbons (Fsp3) is 0.875. The summed E-state index contributed by atoms with van der Waals surface area (Å²) in [4.78, 5) is 3.65. The van der Waals surface area contributed by atoms with Crippen molar-refractivity contribution in [2.75, 3.05) is 33.0 Å². The van der Waals surface area contributed by atoms with Gasteiger partial charge in [-0.25, -0.2) is 0 Å².